The monoisotopic (exact) mass is 269 g/mol. The Morgan fingerprint density at radius 2 is 2.00 bits per heavy atom. The number of aromatic carboxylic acids is 1. The number of hydrogen-bond donors (Lipinski definition) is 3. The van der Waals surface area contributed by atoms with Gasteiger partial charge in [0.05, 0.1) is 15.9 Å². The number of fused-ring (bicyclic) bond motifs is 1. The molecule has 0 aliphatic heterocycles. The van der Waals surface area contributed by atoms with Crippen molar-refractivity contribution in [1.29, 1.82) is 0 Å². The quantitative estimate of drug-likeness (QED) is 0.678. The molecule has 3 N–H and O–H groups in total. The van der Waals surface area contributed by atoms with Gasteiger partial charge in [-0.3, -0.25) is 4.79 Å². The van der Waals surface area contributed by atoms with Crippen LogP contribution in [0.4, 0.5) is 0 Å². The van der Waals surface area contributed by atoms with E-state index in [4.69, 9.17) is 16.7 Å². The summed E-state index contributed by atoms with van der Waals surface area (Å²) in [6.45, 7) is 0. The number of benzene rings is 1. The van der Waals surface area contributed by atoms with E-state index in [1.54, 1.807) is 0 Å². The standard InChI is InChI=1S/C11H8ClNO5/c1-13-3-4(11(17)18)9(15)7-5(13)2-6(14)10(16)8(7)12/h2-3,14,16H,1H3,(H,17,18). The lowest BCUT2D eigenvalue weighted by Gasteiger charge is -2.10. The highest BCUT2D eigenvalue weighted by Crippen LogP contribution is 2.37. The number of carboxylic acids is 1. The predicted octanol–water partition coefficient (Wildman–Crippen LogP) is 1.30. The Balaban J connectivity index is 3.10. The summed E-state index contributed by atoms with van der Waals surface area (Å²) in [4.78, 5) is 22.8. The number of aryl methyl sites for hydroxylation is 1. The van der Waals surface area contributed by atoms with E-state index in [-0.39, 0.29) is 15.9 Å². The van der Waals surface area contributed by atoms with Crippen molar-refractivity contribution < 1.29 is 20.1 Å². The number of rotatable bonds is 1. The van der Waals surface area contributed by atoms with Crippen LogP contribution in [0.15, 0.2) is 17.1 Å². The summed E-state index contributed by atoms with van der Waals surface area (Å²) < 4.78 is 1.34. The molecule has 18 heavy (non-hydrogen) atoms. The molecule has 0 saturated carbocycles. The molecule has 0 fully saturated rings. The highest BCUT2D eigenvalue weighted by Gasteiger charge is 2.19. The third-order valence-corrected chi connectivity index (χ3v) is 2.97. The maximum absolute atomic E-state index is 11.9. The second-order valence-corrected chi connectivity index (χ2v) is 4.12. The first-order valence-corrected chi connectivity index (χ1v) is 5.19. The molecule has 1 aromatic heterocycles. The Kier molecular flexibility index (Phi) is 2.67. The third kappa shape index (κ3) is 1.58. The van der Waals surface area contributed by atoms with E-state index in [0.717, 1.165) is 12.3 Å². The molecule has 0 bridgehead atoms. The molecule has 6 nitrogen and oxygen atoms in total. The van der Waals surface area contributed by atoms with Gasteiger partial charge in [-0.25, -0.2) is 4.79 Å². The average molecular weight is 270 g/mol. The number of carbonyl (C=O) groups is 1. The number of aromatic hydroxyl groups is 2. The largest absolute Gasteiger partial charge is 0.504 e. The van der Waals surface area contributed by atoms with Crippen LogP contribution in [0.2, 0.25) is 5.02 Å². The summed E-state index contributed by atoms with van der Waals surface area (Å²) in [5, 5.41) is 27.3. The van der Waals surface area contributed by atoms with Gasteiger partial charge in [0.2, 0.25) is 5.43 Å². The van der Waals surface area contributed by atoms with Gasteiger partial charge < -0.3 is 19.9 Å². The van der Waals surface area contributed by atoms with Crippen LogP contribution in [0.3, 0.4) is 0 Å². The summed E-state index contributed by atoms with van der Waals surface area (Å²) in [5.74, 6) is -2.52. The van der Waals surface area contributed by atoms with Gasteiger partial charge in [-0.2, -0.15) is 0 Å². The molecule has 0 amide bonds. The normalized spacial score (nSPS) is 10.8. The zero-order chi connectivity index (χ0) is 13.6. The van der Waals surface area contributed by atoms with Crippen molar-refractivity contribution in [3.8, 4) is 11.5 Å². The molecule has 0 spiro atoms. The number of phenolic OH excluding ortho intramolecular Hbond substituents is 2. The first-order valence-electron chi connectivity index (χ1n) is 4.81. The number of hydrogen-bond acceptors (Lipinski definition) is 4. The molecular formula is C11H8ClNO5. The van der Waals surface area contributed by atoms with Crippen molar-refractivity contribution in [3.63, 3.8) is 0 Å². The maximum Gasteiger partial charge on any atom is 0.341 e. The summed E-state index contributed by atoms with van der Waals surface area (Å²) in [6.07, 6.45) is 1.12. The van der Waals surface area contributed by atoms with E-state index in [9.17, 15) is 19.8 Å². The Labute approximate surface area is 105 Å². The van der Waals surface area contributed by atoms with Gasteiger partial charge >= 0.3 is 5.97 Å². The molecule has 2 aromatic rings. The van der Waals surface area contributed by atoms with Crippen molar-refractivity contribution in [2.45, 2.75) is 0 Å². The first-order chi connectivity index (χ1) is 8.34. The van der Waals surface area contributed by atoms with Crippen LogP contribution >= 0.6 is 11.6 Å². The molecule has 0 aliphatic carbocycles. The zero-order valence-corrected chi connectivity index (χ0v) is 9.89. The highest BCUT2D eigenvalue weighted by molar-refractivity contribution is 6.37. The Morgan fingerprint density at radius 3 is 2.56 bits per heavy atom. The average Bonchev–Trinajstić information content (AvgIpc) is 2.30. The van der Waals surface area contributed by atoms with Crippen molar-refractivity contribution in [1.82, 2.24) is 4.57 Å². The SMILES string of the molecule is Cn1cc(C(=O)O)c(=O)c2c(Cl)c(O)c(O)cc21. The minimum absolute atomic E-state index is 0.144. The fourth-order valence-electron chi connectivity index (χ4n) is 1.72. The molecule has 0 unspecified atom stereocenters. The fraction of sp³-hybridized carbons (Fsp3) is 0.0909. The molecule has 1 aromatic carbocycles. The molecule has 0 radical (unpaired) electrons. The minimum atomic E-state index is -1.39. The number of halogens is 1. The van der Waals surface area contributed by atoms with E-state index < -0.39 is 28.5 Å². The van der Waals surface area contributed by atoms with Crippen LogP contribution in [0.1, 0.15) is 10.4 Å². The van der Waals surface area contributed by atoms with E-state index in [1.807, 2.05) is 0 Å². The summed E-state index contributed by atoms with van der Waals surface area (Å²) >= 11 is 5.77. The van der Waals surface area contributed by atoms with E-state index in [2.05, 4.69) is 0 Å². The molecule has 0 saturated heterocycles. The number of carboxylic acid groups (broad SMARTS) is 1. The summed E-state index contributed by atoms with van der Waals surface area (Å²) in [5.41, 5.74) is -1.04. The zero-order valence-electron chi connectivity index (χ0n) is 9.14. The van der Waals surface area contributed by atoms with Gasteiger partial charge in [0.15, 0.2) is 11.5 Å². The lowest BCUT2D eigenvalue weighted by Crippen LogP contribution is -2.18. The minimum Gasteiger partial charge on any atom is -0.504 e. The topological polar surface area (TPSA) is 99.8 Å². The summed E-state index contributed by atoms with van der Waals surface area (Å²) in [6, 6.07) is 1.14. The number of phenols is 2. The molecule has 0 aliphatic rings. The van der Waals surface area contributed by atoms with Crippen LogP contribution in [-0.2, 0) is 7.05 Å². The smallest absolute Gasteiger partial charge is 0.341 e. The molecule has 2 rings (SSSR count). The molecule has 7 heteroatoms. The lowest BCUT2D eigenvalue weighted by atomic mass is 10.1. The maximum atomic E-state index is 11.9. The van der Waals surface area contributed by atoms with Gasteiger partial charge in [0, 0.05) is 19.3 Å². The van der Waals surface area contributed by atoms with E-state index in [1.165, 1.54) is 11.6 Å². The van der Waals surface area contributed by atoms with Crippen LogP contribution < -0.4 is 5.43 Å². The molecule has 1 heterocycles. The Bertz CT molecular complexity index is 735. The van der Waals surface area contributed by atoms with Crippen molar-refractivity contribution in [3.05, 3.63) is 33.1 Å². The lowest BCUT2D eigenvalue weighted by molar-refractivity contribution is 0.0695. The van der Waals surface area contributed by atoms with Crippen LogP contribution in [0, 0.1) is 0 Å². The van der Waals surface area contributed by atoms with E-state index >= 15 is 0 Å². The van der Waals surface area contributed by atoms with Gasteiger partial charge in [-0.15, -0.1) is 0 Å². The Hall–Kier alpha value is -2.21. The predicted molar refractivity (Wildman–Crippen MR) is 64.5 cm³/mol. The van der Waals surface area contributed by atoms with Crippen LogP contribution in [-0.4, -0.2) is 25.9 Å². The second kappa shape index (κ2) is 3.92. The number of pyridine rings is 1. The van der Waals surface area contributed by atoms with Gasteiger partial charge in [-0.05, 0) is 0 Å². The van der Waals surface area contributed by atoms with Crippen LogP contribution in [0.5, 0.6) is 11.5 Å². The second-order valence-electron chi connectivity index (χ2n) is 3.74. The van der Waals surface area contributed by atoms with Gasteiger partial charge in [0.25, 0.3) is 0 Å². The van der Waals surface area contributed by atoms with Gasteiger partial charge in [0.1, 0.15) is 5.56 Å². The fourth-order valence-corrected chi connectivity index (χ4v) is 2.00. The van der Waals surface area contributed by atoms with Crippen LogP contribution in [0.25, 0.3) is 10.9 Å². The molecule has 0 atom stereocenters. The number of nitrogens with zero attached hydrogens (tertiary/aromatic N) is 1. The molecular weight excluding hydrogens is 262 g/mol. The summed E-state index contributed by atoms with van der Waals surface area (Å²) in [7, 11) is 1.50. The van der Waals surface area contributed by atoms with Crippen molar-refractivity contribution >= 4 is 28.5 Å². The van der Waals surface area contributed by atoms with Gasteiger partial charge in [-0.1, -0.05) is 11.6 Å². The molecule has 94 valence electrons. The first kappa shape index (κ1) is 12.3. The van der Waals surface area contributed by atoms with Crippen molar-refractivity contribution in [2.75, 3.05) is 0 Å². The Morgan fingerprint density at radius 1 is 1.39 bits per heavy atom. The van der Waals surface area contributed by atoms with E-state index in [0.29, 0.717) is 0 Å². The third-order valence-electron chi connectivity index (χ3n) is 2.60. The highest BCUT2D eigenvalue weighted by atomic mass is 35.5. The number of aromatic nitrogens is 1. The van der Waals surface area contributed by atoms with Crippen molar-refractivity contribution in [2.24, 2.45) is 7.05 Å².